The second-order valence-electron chi connectivity index (χ2n) is 22.4. The maximum atomic E-state index is 14.2. The van der Waals surface area contributed by atoms with Crippen LogP contribution in [0.3, 0.4) is 0 Å². The first-order chi connectivity index (χ1) is 30.7. The fourth-order valence-corrected chi connectivity index (χ4v) is 9.08. The zero-order valence-corrected chi connectivity index (χ0v) is 41.4. The molecule has 2 unspecified atom stereocenters. The molecule has 4 aromatic carbocycles. The lowest BCUT2D eigenvalue weighted by Gasteiger charge is -2.30. The quantitative estimate of drug-likeness (QED) is 0.0503. The van der Waals surface area contributed by atoms with E-state index in [4.69, 9.17) is 18.9 Å². The lowest BCUT2D eigenvalue weighted by atomic mass is 9.68. The smallest absolute Gasteiger partial charge is 0.333 e. The summed E-state index contributed by atoms with van der Waals surface area (Å²) in [5.74, 6) is -0.910. The van der Waals surface area contributed by atoms with Gasteiger partial charge in [-0.25, -0.2) is 9.59 Å². The van der Waals surface area contributed by atoms with Crippen LogP contribution in [0, 0.1) is 0 Å². The normalized spacial score (nSPS) is 18.2. The number of hydrogen-bond donors (Lipinski definition) is 0. The summed E-state index contributed by atoms with van der Waals surface area (Å²) < 4.78 is 23.8. The molecule has 2 heterocycles. The van der Waals surface area contributed by atoms with Crippen LogP contribution in [0.5, 0.6) is 11.5 Å². The number of fused-ring (bicyclic) bond motifs is 2. The summed E-state index contributed by atoms with van der Waals surface area (Å²) >= 11 is 0. The van der Waals surface area contributed by atoms with Gasteiger partial charge in [0.2, 0.25) is 0 Å². The van der Waals surface area contributed by atoms with Gasteiger partial charge in [0.15, 0.2) is 0 Å². The third-order valence-electron chi connectivity index (χ3n) is 13.1. The molecule has 0 aliphatic carbocycles. The Hall–Kier alpha value is -5.76. The molecule has 350 valence electrons. The maximum Gasteiger partial charge on any atom is 0.333 e. The molecule has 2 aliphatic rings. The van der Waals surface area contributed by atoms with Crippen LogP contribution in [0.1, 0.15) is 166 Å². The van der Waals surface area contributed by atoms with Crippen LogP contribution >= 0.6 is 0 Å². The van der Waals surface area contributed by atoms with Crippen molar-refractivity contribution in [3.05, 3.63) is 154 Å². The van der Waals surface area contributed by atoms with Crippen molar-refractivity contribution in [1.29, 1.82) is 0 Å². The van der Waals surface area contributed by atoms with Crippen molar-refractivity contribution in [2.75, 3.05) is 13.2 Å². The van der Waals surface area contributed by atoms with E-state index in [0.29, 0.717) is 24.3 Å². The molecule has 0 fully saturated rings. The molecule has 0 saturated carbocycles. The van der Waals surface area contributed by atoms with Gasteiger partial charge >= 0.3 is 23.9 Å². The topological polar surface area (TPSA) is 105 Å². The monoisotopic (exact) mass is 895 g/mol. The van der Waals surface area contributed by atoms with Crippen LogP contribution in [0.4, 0.5) is 0 Å². The van der Waals surface area contributed by atoms with E-state index < -0.39 is 34.7 Å². The Morgan fingerprint density at radius 2 is 0.833 bits per heavy atom. The van der Waals surface area contributed by atoms with Crippen LogP contribution in [0.15, 0.2) is 109 Å². The molecule has 6 rings (SSSR count). The van der Waals surface area contributed by atoms with Gasteiger partial charge in [-0.1, -0.05) is 181 Å². The molecular weight excluding hydrogens is 825 g/mol. The number of hydrogen-bond acceptors (Lipinski definition) is 8. The molecule has 0 spiro atoms. The molecule has 66 heavy (non-hydrogen) atoms. The average molecular weight is 895 g/mol. The summed E-state index contributed by atoms with van der Waals surface area (Å²) in [5, 5.41) is 0. The summed E-state index contributed by atoms with van der Waals surface area (Å²) in [6.45, 7) is 34.1. The third-order valence-corrected chi connectivity index (χ3v) is 13.1. The summed E-state index contributed by atoms with van der Waals surface area (Å²) in [6.07, 6.45) is 2.64. The van der Waals surface area contributed by atoms with Gasteiger partial charge in [-0.2, -0.15) is 0 Å². The van der Waals surface area contributed by atoms with Gasteiger partial charge in [-0.05, 0) is 69.6 Å². The van der Waals surface area contributed by atoms with Crippen molar-refractivity contribution in [1.82, 2.24) is 0 Å². The minimum absolute atomic E-state index is 0.00555. The van der Waals surface area contributed by atoms with E-state index in [0.717, 1.165) is 57.3 Å². The first kappa shape index (κ1) is 49.7. The maximum absolute atomic E-state index is 14.2. The van der Waals surface area contributed by atoms with Crippen molar-refractivity contribution < 1.29 is 38.1 Å². The Morgan fingerprint density at radius 1 is 0.500 bits per heavy atom. The zero-order valence-electron chi connectivity index (χ0n) is 41.4. The van der Waals surface area contributed by atoms with Crippen molar-refractivity contribution in [2.24, 2.45) is 0 Å². The molecule has 0 aromatic heterocycles. The number of unbranched alkanes of at least 4 members (excludes halogenated alkanes) is 3. The minimum atomic E-state index is -1.28. The van der Waals surface area contributed by atoms with E-state index in [-0.39, 0.29) is 58.9 Å². The van der Waals surface area contributed by atoms with Crippen molar-refractivity contribution in [3.8, 4) is 11.5 Å². The molecule has 0 bridgehead atoms. The van der Waals surface area contributed by atoms with Crippen LogP contribution in [0.25, 0.3) is 0 Å². The Balaban J connectivity index is 1.06. The standard InChI is InChI=1S/C58H70O8/c1-37(35-57(39-25-19-17-20-26-39)45-33-41(53(3,4)5)31-43(55(9,10)11)47(45)65-51(57)61)49(59)63-29-23-15-16-24-30-64-50(60)38(2)36-58(40-27-21-18-22-28-40)46-34-42(54(6,7)8)32-44(56(12,13)14)48(46)66-52(58)62/h17-22,25-28,31-34H,1-2,15-16,23-24,29-30,35-36H2,3-14H3. The van der Waals surface area contributed by atoms with E-state index in [2.05, 4.69) is 121 Å². The van der Waals surface area contributed by atoms with Gasteiger partial charge in [0.1, 0.15) is 22.3 Å². The Kier molecular flexibility index (Phi) is 13.9. The largest absolute Gasteiger partial charge is 0.462 e. The van der Waals surface area contributed by atoms with Crippen molar-refractivity contribution in [2.45, 2.75) is 154 Å². The molecule has 0 N–H and O–H groups in total. The van der Waals surface area contributed by atoms with Gasteiger partial charge in [0, 0.05) is 46.2 Å². The van der Waals surface area contributed by atoms with Crippen LogP contribution in [0.2, 0.25) is 0 Å². The predicted octanol–water partition coefficient (Wildman–Crippen LogP) is 12.5. The Labute approximate surface area is 393 Å². The summed E-state index contributed by atoms with van der Waals surface area (Å²) in [7, 11) is 0. The molecule has 0 amide bonds. The lowest BCUT2D eigenvalue weighted by Crippen LogP contribution is -2.36. The SMILES string of the molecule is C=C(CC1(c2ccccc2)C(=O)Oc2c(C(C)(C)C)cc(C(C)(C)C)cc21)C(=O)OCCCCCCOC(=O)C(=C)CC1(c2ccccc2)C(=O)Oc2c(C(C)(C)C)cc(C(C)(C)C)cc21. The summed E-state index contributed by atoms with van der Waals surface area (Å²) in [5.41, 5.74) is 3.68. The average Bonchev–Trinajstić information content (AvgIpc) is 3.69. The third kappa shape index (κ3) is 9.84. The first-order valence-corrected chi connectivity index (χ1v) is 23.4. The highest BCUT2D eigenvalue weighted by atomic mass is 16.6. The number of esters is 4. The van der Waals surface area contributed by atoms with Crippen LogP contribution in [-0.2, 0) is 61.1 Å². The van der Waals surface area contributed by atoms with Gasteiger partial charge in [0.05, 0.1) is 13.2 Å². The summed E-state index contributed by atoms with van der Waals surface area (Å²) in [6, 6.07) is 27.3. The fraction of sp³-hybridized carbons (Fsp3) is 0.448. The van der Waals surface area contributed by atoms with Crippen molar-refractivity contribution >= 4 is 23.9 Å². The molecule has 0 radical (unpaired) electrons. The lowest BCUT2D eigenvalue weighted by molar-refractivity contribution is -0.141. The molecule has 2 aliphatic heterocycles. The second kappa shape index (κ2) is 18.5. The molecule has 8 nitrogen and oxygen atoms in total. The molecule has 8 heteroatoms. The molecule has 0 saturated heterocycles. The van der Waals surface area contributed by atoms with Gasteiger partial charge in [-0.15, -0.1) is 0 Å². The number of carbonyl (C=O) groups excluding carboxylic acids is 4. The highest BCUT2D eigenvalue weighted by molar-refractivity contribution is 5.99. The first-order valence-electron chi connectivity index (χ1n) is 23.4. The Morgan fingerprint density at radius 3 is 1.14 bits per heavy atom. The van der Waals surface area contributed by atoms with Gasteiger partial charge in [-0.3, -0.25) is 9.59 Å². The number of ether oxygens (including phenoxy) is 4. The fourth-order valence-electron chi connectivity index (χ4n) is 9.08. The summed E-state index contributed by atoms with van der Waals surface area (Å²) in [4.78, 5) is 55.5. The Bertz CT molecular complexity index is 2340. The van der Waals surface area contributed by atoms with Crippen LogP contribution < -0.4 is 9.47 Å². The molecule has 4 aromatic rings. The predicted molar refractivity (Wildman–Crippen MR) is 261 cm³/mol. The highest BCUT2D eigenvalue weighted by Gasteiger charge is 2.55. The molecule has 2 atom stereocenters. The zero-order chi connectivity index (χ0) is 48.6. The number of benzene rings is 4. The van der Waals surface area contributed by atoms with E-state index in [1.807, 2.05) is 60.7 Å². The van der Waals surface area contributed by atoms with E-state index >= 15 is 0 Å². The second-order valence-corrected chi connectivity index (χ2v) is 22.4. The van der Waals surface area contributed by atoms with Crippen molar-refractivity contribution in [3.63, 3.8) is 0 Å². The van der Waals surface area contributed by atoms with E-state index in [1.165, 1.54) is 0 Å². The van der Waals surface area contributed by atoms with E-state index in [9.17, 15) is 19.2 Å². The number of rotatable bonds is 15. The van der Waals surface area contributed by atoms with E-state index in [1.54, 1.807) is 0 Å². The van der Waals surface area contributed by atoms with Gasteiger partial charge < -0.3 is 18.9 Å². The van der Waals surface area contributed by atoms with Crippen LogP contribution in [-0.4, -0.2) is 37.1 Å². The van der Waals surface area contributed by atoms with Gasteiger partial charge in [0.25, 0.3) is 0 Å². The number of carbonyl (C=O) groups is 4. The highest BCUT2D eigenvalue weighted by Crippen LogP contribution is 2.54. The minimum Gasteiger partial charge on any atom is -0.462 e. The molecular formula is C58H70O8.